The molecule has 108 valence electrons. The lowest BCUT2D eigenvalue weighted by atomic mass is 9.91. The Morgan fingerprint density at radius 1 is 1.19 bits per heavy atom. The van der Waals surface area contributed by atoms with Gasteiger partial charge in [0.1, 0.15) is 5.69 Å². The van der Waals surface area contributed by atoms with E-state index in [2.05, 4.69) is 37.3 Å². The van der Waals surface area contributed by atoms with Gasteiger partial charge in [0.05, 0.1) is 13.1 Å². The molecule has 21 heavy (non-hydrogen) atoms. The molecule has 0 aliphatic carbocycles. The second-order valence-corrected chi connectivity index (χ2v) is 6.55. The second kappa shape index (κ2) is 4.57. The number of fused-ring (bicyclic) bond motifs is 4. The van der Waals surface area contributed by atoms with Crippen LogP contribution in [0.4, 0.5) is 11.5 Å². The quantitative estimate of drug-likeness (QED) is 0.736. The van der Waals surface area contributed by atoms with Crippen molar-refractivity contribution in [2.24, 2.45) is 5.92 Å². The summed E-state index contributed by atoms with van der Waals surface area (Å²) < 4.78 is 2.86. The van der Waals surface area contributed by atoms with Crippen molar-refractivity contribution in [2.45, 2.75) is 26.3 Å². The fourth-order valence-corrected chi connectivity index (χ4v) is 4.22. The van der Waals surface area contributed by atoms with Crippen molar-refractivity contribution in [2.75, 3.05) is 13.1 Å². The average Bonchev–Trinajstić information content (AvgIpc) is 2.49. The minimum absolute atomic E-state index is 0.147. The van der Waals surface area contributed by atoms with E-state index in [1.54, 1.807) is 6.07 Å². The van der Waals surface area contributed by atoms with Gasteiger partial charge in [-0.2, -0.15) is 0 Å². The fraction of sp³-hybridized carbons (Fsp3) is 0.389. The molecule has 0 spiro atoms. The Bertz CT molecular complexity index is 749. The van der Waals surface area contributed by atoms with Gasteiger partial charge in [0, 0.05) is 30.7 Å². The molecular weight excluding hydrogens is 260 g/mol. The van der Waals surface area contributed by atoms with Crippen molar-refractivity contribution in [3.05, 3.63) is 58.4 Å². The molecule has 3 heterocycles. The van der Waals surface area contributed by atoms with Crippen LogP contribution >= 0.6 is 0 Å². The predicted octanol–water partition coefficient (Wildman–Crippen LogP) is 3.22. The van der Waals surface area contributed by atoms with Gasteiger partial charge >= 0.3 is 0 Å². The molecule has 0 radical (unpaired) electrons. The molecule has 1 saturated heterocycles. The lowest BCUT2D eigenvalue weighted by molar-refractivity contribution is 0.178. The van der Waals surface area contributed by atoms with Gasteiger partial charge in [-0.25, -0.2) is 4.48 Å². The molecule has 1 aromatic heterocycles. The summed E-state index contributed by atoms with van der Waals surface area (Å²) >= 11 is 0. The molecule has 0 N–H and O–H groups in total. The maximum atomic E-state index is 12.3. The number of benzene rings is 1. The number of hydrogen-bond donors (Lipinski definition) is 0. The number of rotatable bonds is 1. The zero-order valence-electron chi connectivity index (χ0n) is 12.5. The highest BCUT2D eigenvalue weighted by Gasteiger charge is 2.45. The monoisotopic (exact) mass is 281 g/mol. The molecule has 2 bridgehead atoms. The third-order valence-electron chi connectivity index (χ3n) is 5.12. The van der Waals surface area contributed by atoms with Crippen molar-refractivity contribution in [3.8, 4) is 0 Å². The molecule has 2 unspecified atom stereocenters. The highest BCUT2D eigenvalue weighted by Crippen LogP contribution is 2.43. The summed E-state index contributed by atoms with van der Waals surface area (Å²) in [4.78, 5) is 12.3. The van der Waals surface area contributed by atoms with E-state index in [4.69, 9.17) is 0 Å². The van der Waals surface area contributed by atoms with Gasteiger partial charge in [-0.1, -0.05) is 12.1 Å². The van der Waals surface area contributed by atoms with Gasteiger partial charge in [-0.05, 0) is 37.5 Å². The van der Waals surface area contributed by atoms with Crippen LogP contribution in [0.25, 0.3) is 0 Å². The van der Waals surface area contributed by atoms with Gasteiger partial charge in [-0.15, -0.1) is 0 Å². The van der Waals surface area contributed by atoms with Gasteiger partial charge in [0.2, 0.25) is 5.82 Å². The van der Waals surface area contributed by atoms with Crippen LogP contribution in [0.5, 0.6) is 0 Å². The Morgan fingerprint density at radius 2 is 2.05 bits per heavy atom. The molecule has 0 amide bonds. The van der Waals surface area contributed by atoms with Crippen molar-refractivity contribution in [1.82, 2.24) is 9.05 Å². The molecular formula is C18H21N2O+. The van der Waals surface area contributed by atoms with Crippen LogP contribution in [0, 0.1) is 12.8 Å². The number of aryl methyl sites for hydroxylation is 1. The number of piperidine rings is 1. The summed E-state index contributed by atoms with van der Waals surface area (Å²) in [5, 5.41) is 0. The second-order valence-electron chi connectivity index (χ2n) is 6.55. The van der Waals surface area contributed by atoms with Gasteiger partial charge < -0.3 is 0 Å². The third-order valence-corrected chi connectivity index (χ3v) is 5.12. The summed E-state index contributed by atoms with van der Waals surface area (Å²) in [5.41, 5.74) is 2.77. The third kappa shape index (κ3) is 1.88. The largest absolute Gasteiger partial charge is 0.269 e. The van der Waals surface area contributed by atoms with Crippen LogP contribution in [-0.2, 0) is 6.54 Å². The lowest BCUT2D eigenvalue weighted by Gasteiger charge is -2.47. The van der Waals surface area contributed by atoms with Gasteiger partial charge in [0.15, 0.2) is 0 Å². The first kappa shape index (κ1) is 12.8. The Hall–Kier alpha value is -1.87. The SMILES string of the molecule is Cc1cccc([N+]23CCCC(Cn4c2cccc4=O)C3)c1. The highest BCUT2D eigenvalue weighted by atomic mass is 16.1. The van der Waals surface area contributed by atoms with E-state index in [1.807, 2.05) is 10.6 Å². The molecule has 0 saturated carbocycles. The zero-order valence-corrected chi connectivity index (χ0v) is 12.5. The summed E-state index contributed by atoms with van der Waals surface area (Å²) in [7, 11) is 0. The van der Waals surface area contributed by atoms with Gasteiger partial charge in [0.25, 0.3) is 5.56 Å². The summed E-state index contributed by atoms with van der Waals surface area (Å²) in [6, 6.07) is 14.5. The molecule has 2 aliphatic rings. The average molecular weight is 281 g/mol. The zero-order chi connectivity index (χ0) is 14.4. The number of nitrogens with zero attached hydrogens (tertiary/aromatic N) is 2. The van der Waals surface area contributed by atoms with E-state index in [-0.39, 0.29) is 5.56 Å². The molecule has 3 nitrogen and oxygen atoms in total. The summed E-state index contributed by atoms with van der Waals surface area (Å²) in [6.45, 7) is 5.27. The van der Waals surface area contributed by atoms with Crippen molar-refractivity contribution in [3.63, 3.8) is 0 Å². The normalized spacial score (nSPS) is 27.2. The Kier molecular flexibility index (Phi) is 2.79. The molecule has 2 aliphatic heterocycles. The van der Waals surface area contributed by atoms with E-state index in [9.17, 15) is 4.79 Å². The smallest absolute Gasteiger partial charge is 0.254 e. The standard InChI is InChI=1S/C18H21N2O/c1-14-5-2-7-16(11-14)20-10-4-6-15(13-20)12-19-17(20)8-3-9-18(19)21/h2-3,5,7-9,11,15H,4,6,10,12-13H2,1H3/q+1. The Morgan fingerprint density at radius 3 is 2.90 bits per heavy atom. The lowest BCUT2D eigenvalue weighted by Crippen LogP contribution is -2.58. The molecule has 3 heteroatoms. The van der Waals surface area contributed by atoms with Crippen LogP contribution in [-0.4, -0.2) is 17.7 Å². The van der Waals surface area contributed by atoms with Crippen LogP contribution < -0.4 is 10.0 Å². The van der Waals surface area contributed by atoms with E-state index in [0.29, 0.717) is 5.92 Å². The van der Waals surface area contributed by atoms with E-state index in [1.165, 1.54) is 29.9 Å². The highest BCUT2D eigenvalue weighted by molar-refractivity contribution is 5.57. The van der Waals surface area contributed by atoms with Crippen LogP contribution in [0.2, 0.25) is 0 Å². The van der Waals surface area contributed by atoms with Crippen molar-refractivity contribution in [1.29, 1.82) is 0 Å². The molecule has 1 fully saturated rings. The topological polar surface area (TPSA) is 22.0 Å². The first-order valence-corrected chi connectivity index (χ1v) is 7.84. The van der Waals surface area contributed by atoms with E-state index < -0.39 is 0 Å². The first-order valence-electron chi connectivity index (χ1n) is 7.84. The van der Waals surface area contributed by atoms with E-state index >= 15 is 0 Å². The first-order chi connectivity index (χ1) is 10.2. The molecule has 2 aromatic rings. The van der Waals surface area contributed by atoms with Crippen molar-refractivity contribution < 1.29 is 0 Å². The number of quaternary nitrogens is 1. The molecule has 4 rings (SSSR count). The van der Waals surface area contributed by atoms with Gasteiger partial charge in [-0.3, -0.25) is 9.36 Å². The minimum atomic E-state index is 0.147. The maximum Gasteiger partial charge on any atom is 0.254 e. The number of pyridine rings is 1. The minimum Gasteiger partial charge on any atom is -0.269 e. The van der Waals surface area contributed by atoms with Crippen LogP contribution in [0.3, 0.4) is 0 Å². The predicted molar refractivity (Wildman–Crippen MR) is 85.8 cm³/mol. The summed E-state index contributed by atoms with van der Waals surface area (Å²) in [6.07, 6.45) is 2.48. The molecule has 2 atom stereocenters. The fourth-order valence-electron chi connectivity index (χ4n) is 4.22. The Balaban J connectivity index is 1.99. The van der Waals surface area contributed by atoms with Crippen LogP contribution in [0.1, 0.15) is 18.4 Å². The maximum absolute atomic E-state index is 12.3. The summed E-state index contributed by atoms with van der Waals surface area (Å²) in [5.74, 6) is 1.79. The van der Waals surface area contributed by atoms with Crippen molar-refractivity contribution >= 4 is 11.5 Å². The molecule has 1 aromatic carbocycles. The Labute approximate surface area is 125 Å². The number of hydrogen-bond acceptors (Lipinski definition) is 1. The van der Waals surface area contributed by atoms with E-state index in [0.717, 1.165) is 24.1 Å². The number of aromatic nitrogens is 1. The van der Waals surface area contributed by atoms with Crippen LogP contribution in [0.15, 0.2) is 47.3 Å².